The molecule has 0 amide bonds. The van der Waals surface area contributed by atoms with Crippen LogP contribution in [0.4, 0.5) is 0 Å². The van der Waals surface area contributed by atoms with E-state index in [4.69, 9.17) is 0 Å². The van der Waals surface area contributed by atoms with Crippen LogP contribution in [-0.2, 0) is 0 Å². The number of hydrogen-bond acceptors (Lipinski definition) is 0. The van der Waals surface area contributed by atoms with Gasteiger partial charge in [0.2, 0.25) is 0 Å². The van der Waals surface area contributed by atoms with E-state index >= 15 is 0 Å². The van der Waals surface area contributed by atoms with Crippen molar-refractivity contribution in [3.63, 3.8) is 0 Å². The summed E-state index contributed by atoms with van der Waals surface area (Å²) in [6.45, 7) is 19.3. The van der Waals surface area contributed by atoms with Gasteiger partial charge in [-0.3, -0.25) is 0 Å². The molecule has 0 N–H and O–H groups in total. The smallest absolute Gasteiger partial charge is 0.0280 e. The van der Waals surface area contributed by atoms with E-state index in [-0.39, 0.29) is 0 Å². The van der Waals surface area contributed by atoms with Crippen LogP contribution < -0.4 is 0 Å². The SMILES string of the molecule is CCC(C)(CC)CC(C)(C)C(C)(CC)CC. The van der Waals surface area contributed by atoms with Gasteiger partial charge in [0.15, 0.2) is 0 Å². The molecule has 0 aliphatic carbocycles. The van der Waals surface area contributed by atoms with Gasteiger partial charge in [-0.15, -0.1) is 0 Å². The minimum atomic E-state index is 0.442. The second-order valence-electron chi connectivity index (χ2n) is 6.85. The standard InChI is InChI=1S/C16H34/c1-9-15(7,10-2)13-14(5,6)16(8,11-3)12-4/h9-13H2,1-8H3. The molecular weight excluding hydrogens is 192 g/mol. The molecule has 0 aromatic carbocycles. The zero-order valence-electron chi connectivity index (χ0n) is 13.0. The molecule has 0 saturated carbocycles. The fourth-order valence-electron chi connectivity index (χ4n) is 2.99. The normalized spacial score (nSPS) is 14.2. The van der Waals surface area contributed by atoms with Crippen molar-refractivity contribution in [3.8, 4) is 0 Å². The zero-order valence-corrected chi connectivity index (χ0v) is 13.0. The summed E-state index contributed by atoms with van der Waals surface area (Å²) in [7, 11) is 0. The third kappa shape index (κ3) is 3.25. The predicted octanol–water partition coefficient (Wildman–Crippen LogP) is 6.06. The van der Waals surface area contributed by atoms with Gasteiger partial charge >= 0.3 is 0 Å². The highest BCUT2D eigenvalue weighted by atomic mass is 14.5. The quantitative estimate of drug-likeness (QED) is 0.495. The molecule has 0 atom stereocenters. The fraction of sp³-hybridized carbons (Fsp3) is 1.00. The molecule has 0 fully saturated rings. The Bertz CT molecular complexity index is 192. The molecule has 0 radical (unpaired) electrons. The lowest BCUT2D eigenvalue weighted by atomic mass is 9.57. The fourth-order valence-corrected chi connectivity index (χ4v) is 2.99. The lowest BCUT2D eigenvalue weighted by molar-refractivity contribution is 0.0216. The van der Waals surface area contributed by atoms with Crippen molar-refractivity contribution >= 4 is 0 Å². The molecule has 0 heteroatoms. The Kier molecular flexibility index (Phi) is 5.56. The van der Waals surface area contributed by atoms with Crippen molar-refractivity contribution in [1.29, 1.82) is 0 Å². The van der Waals surface area contributed by atoms with Gasteiger partial charge in [-0.05, 0) is 22.7 Å². The van der Waals surface area contributed by atoms with Crippen LogP contribution in [0.3, 0.4) is 0 Å². The first-order chi connectivity index (χ1) is 7.20. The maximum absolute atomic E-state index is 2.48. The second-order valence-corrected chi connectivity index (χ2v) is 6.85. The topological polar surface area (TPSA) is 0 Å². The maximum atomic E-state index is 2.48. The van der Waals surface area contributed by atoms with Crippen molar-refractivity contribution in [2.24, 2.45) is 16.2 Å². The third-order valence-electron chi connectivity index (χ3n) is 5.77. The van der Waals surface area contributed by atoms with E-state index in [2.05, 4.69) is 55.4 Å². The Labute approximate surface area is 104 Å². The number of hydrogen-bond donors (Lipinski definition) is 0. The Morgan fingerprint density at radius 3 is 1.25 bits per heavy atom. The summed E-state index contributed by atoms with van der Waals surface area (Å²) >= 11 is 0. The first kappa shape index (κ1) is 16.0. The lowest BCUT2D eigenvalue weighted by Gasteiger charge is -2.48. The minimum absolute atomic E-state index is 0.442. The Hall–Kier alpha value is 0. The van der Waals surface area contributed by atoms with Crippen LogP contribution in [0.1, 0.15) is 87.5 Å². The third-order valence-corrected chi connectivity index (χ3v) is 5.77. The minimum Gasteiger partial charge on any atom is -0.0649 e. The maximum Gasteiger partial charge on any atom is -0.0280 e. The highest BCUT2D eigenvalue weighted by molar-refractivity contribution is 4.91. The molecule has 0 heterocycles. The van der Waals surface area contributed by atoms with Crippen molar-refractivity contribution < 1.29 is 0 Å². The van der Waals surface area contributed by atoms with E-state index in [1.807, 2.05) is 0 Å². The van der Waals surface area contributed by atoms with Crippen LogP contribution in [-0.4, -0.2) is 0 Å². The molecule has 0 aromatic rings. The summed E-state index contributed by atoms with van der Waals surface area (Å²) in [6, 6.07) is 0. The van der Waals surface area contributed by atoms with Crippen LogP contribution >= 0.6 is 0 Å². The molecule has 0 aromatic heterocycles. The Balaban J connectivity index is 4.92. The highest BCUT2D eigenvalue weighted by Gasteiger charge is 2.41. The second kappa shape index (κ2) is 5.56. The van der Waals surface area contributed by atoms with E-state index in [1.165, 1.54) is 32.1 Å². The molecule has 0 rings (SSSR count). The Morgan fingerprint density at radius 2 is 1.00 bits per heavy atom. The van der Waals surface area contributed by atoms with Gasteiger partial charge in [0.25, 0.3) is 0 Å². The van der Waals surface area contributed by atoms with Gasteiger partial charge in [0.1, 0.15) is 0 Å². The van der Waals surface area contributed by atoms with E-state index in [1.54, 1.807) is 0 Å². The highest BCUT2D eigenvalue weighted by Crippen LogP contribution is 2.52. The average molecular weight is 226 g/mol. The lowest BCUT2D eigenvalue weighted by Crippen LogP contribution is -2.38. The molecule has 98 valence electrons. The largest absolute Gasteiger partial charge is 0.0649 e. The Morgan fingerprint density at radius 1 is 0.625 bits per heavy atom. The first-order valence-corrected chi connectivity index (χ1v) is 7.20. The predicted molar refractivity (Wildman–Crippen MR) is 75.8 cm³/mol. The van der Waals surface area contributed by atoms with Crippen molar-refractivity contribution in [2.45, 2.75) is 87.5 Å². The molecule has 0 aliphatic heterocycles. The van der Waals surface area contributed by atoms with E-state index in [9.17, 15) is 0 Å². The van der Waals surface area contributed by atoms with Gasteiger partial charge in [-0.1, -0.05) is 81.1 Å². The summed E-state index contributed by atoms with van der Waals surface area (Å²) in [5, 5.41) is 0. The van der Waals surface area contributed by atoms with Crippen LogP contribution in [0.25, 0.3) is 0 Å². The number of rotatable bonds is 7. The zero-order chi connectivity index (χ0) is 13.0. The monoisotopic (exact) mass is 226 g/mol. The summed E-state index contributed by atoms with van der Waals surface area (Å²) in [5.41, 5.74) is 1.45. The van der Waals surface area contributed by atoms with Crippen molar-refractivity contribution in [2.75, 3.05) is 0 Å². The summed E-state index contributed by atoms with van der Waals surface area (Å²) in [4.78, 5) is 0. The van der Waals surface area contributed by atoms with Crippen LogP contribution in [0.2, 0.25) is 0 Å². The molecule has 0 spiro atoms. The van der Waals surface area contributed by atoms with Gasteiger partial charge in [-0.2, -0.15) is 0 Å². The van der Waals surface area contributed by atoms with E-state index in [0.29, 0.717) is 16.2 Å². The molecule has 0 unspecified atom stereocenters. The summed E-state index contributed by atoms with van der Waals surface area (Å²) < 4.78 is 0. The molecule has 0 aliphatic rings. The summed E-state index contributed by atoms with van der Waals surface area (Å²) in [6.07, 6.45) is 6.54. The van der Waals surface area contributed by atoms with E-state index in [0.717, 1.165) is 0 Å². The van der Waals surface area contributed by atoms with E-state index < -0.39 is 0 Å². The molecule has 16 heavy (non-hydrogen) atoms. The molecular formula is C16H34. The summed E-state index contributed by atoms with van der Waals surface area (Å²) in [5.74, 6) is 0. The van der Waals surface area contributed by atoms with Crippen LogP contribution in [0, 0.1) is 16.2 Å². The van der Waals surface area contributed by atoms with Gasteiger partial charge in [0, 0.05) is 0 Å². The first-order valence-electron chi connectivity index (χ1n) is 7.20. The molecule has 0 nitrogen and oxygen atoms in total. The molecule has 0 bridgehead atoms. The average Bonchev–Trinajstić information content (AvgIpc) is 2.26. The van der Waals surface area contributed by atoms with Crippen LogP contribution in [0.15, 0.2) is 0 Å². The van der Waals surface area contributed by atoms with Crippen LogP contribution in [0.5, 0.6) is 0 Å². The van der Waals surface area contributed by atoms with Gasteiger partial charge in [-0.25, -0.2) is 0 Å². The van der Waals surface area contributed by atoms with Gasteiger partial charge in [0.05, 0.1) is 0 Å². The van der Waals surface area contributed by atoms with Crippen molar-refractivity contribution in [3.05, 3.63) is 0 Å². The van der Waals surface area contributed by atoms with Crippen molar-refractivity contribution in [1.82, 2.24) is 0 Å². The van der Waals surface area contributed by atoms with Gasteiger partial charge < -0.3 is 0 Å². The molecule has 0 saturated heterocycles.